The fourth-order valence-electron chi connectivity index (χ4n) is 1.47. The fraction of sp³-hybridized carbons (Fsp3) is 1.00. The van der Waals surface area contributed by atoms with Gasteiger partial charge in [-0.1, -0.05) is 0 Å². The number of halogens is 1. The molecule has 0 aromatic heterocycles. The second-order valence-electron chi connectivity index (χ2n) is 3.19. The molecule has 1 fully saturated rings. The average Bonchev–Trinajstić information content (AvgIpc) is 2.35. The molecule has 1 rings (SSSR count). The van der Waals surface area contributed by atoms with Gasteiger partial charge in [0.05, 0.1) is 6.10 Å². The molecule has 0 amide bonds. The predicted molar refractivity (Wildman–Crippen MR) is 55.0 cm³/mol. The summed E-state index contributed by atoms with van der Waals surface area (Å²) in [4.78, 5) is 0. The zero-order valence-corrected chi connectivity index (χ0v) is 8.87. The second-order valence-corrected chi connectivity index (χ2v) is 4.72. The van der Waals surface area contributed by atoms with E-state index in [1.165, 1.54) is 0 Å². The van der Waals surface area contributed by atoms with Crippen molar-refractivity contribution in [1.82, 2.24) is 5.32 Å². The van der Waals surface area contributed by atoms with Crippen molar-refractivity contribution in [3.05, 3.63) is 0 Å². The molecule has 0 spiro atoms. The van der Waals surface area contributed by atoms with Crippen LogP contribution in [0.1, 0.15) is 6.92 Å². The Balaban J connectivity index is 2.20. The van der Waals surface area contributed by atoms with Crippen molar-refractivity contribution >= 4 is 23.4 Å². The lowest BCUT2D eigenvalue weighted by Gasteiger charge is -2.16. The molecule has 12 heavy (non-hydrogen) atoms. The smallest absolute Gasteiger partial charge is 0.0715 e. The summed E-state index contributed by atoms with van der Waals surface area (Å²) in [6, 6.07) is 0.447. The molecule has 1 heterocycles. The van der Waals surface area contributed by atoms with Crippen LogP contribution in [0, 0.1) is 5.92 Å². The van der Waals surface area contributed by atoms with Gasteiger partial charge in [0.15, 0.2) is 0 Å². The first-order valence-electron chi connectivity index (χ1n) is 4.31. The minimum absolute atomic E-state index is 0.164. The van der Waals surface area contributed by atoms with Gasteiger partial charge >= 0.3 is 0 Å². The largest absolute Gasteiger partial charge is 0.391 e. The molecule has 1 unspecified atom stereocenters. The van der Waals surface area contributed by atoms with Gasteiger partial charge in [-0.15, -0.1) is 11.6 Å². The minimum atomic E-state index is -0.164. The molecular weight excluding hydrogens is 194 g/mol. The first-order valence-corrected chi connectivity index (χ1v) is 5.99. The summed E-state index contributed by atoms with van der Waals surface area (Å²) >= 11 is 7.39. The fourth-order valence-corrected chi connectivity index (χ4v) is 2.86. The maximum atomic E-state index is 9.55. The molecule has 0 radical (unpaired) electrons. The summed E-state index contributed by atoms with van der Waals surface area (Å²) in [6.45, 7) is 2.87. The van der Waals surface area contributed by atoms with E-state index in [1.807, 2.05) is 11.8 Å². The van der Waals surface area contributed by atoms with Crippen molar-refractivity contribution < 1.29 is 5.11 Å². The van der Waals surface area contributed by atoms with Crippen molar-refractivity contribution in [2.75, 3.05) is 23.9 Å². The summed E-state index contributed by atoms with van der Waals surface area (Å²) in [6.07, 6.45) is -0.164. The van der Waals surface area contributed by atoms with Crippen LogP contribution in [0.2, 0.25) is 0 Å². The highest BCUT2D eigenvalue weighted by Crippen LogP contribution is 2.20. The normalized spacial score (nSPS) is 35.8. The van der Waals surface area contributed by atoms with Crippen molar-refractivity contribution in [3.8, 4) is 0 Å². The van der Waals surface area contributed by atoms with E-state index in [-0.39, 0.29) is 6.10 Å². The number of hydrogen-bond donors (Lipinski definition) is 2. The molecular formula is C8H16ClNOS. The Labute approximate surface area is 83.1 Å². The number of hydrogen-bond acceptors (Lipinski definition) is 3. The van der Waals surface area contributed by atoms with Crippen LogP contribution in [-0.4, -0.2) is 41.2 Å². The Hall–Kier alpha value is 0.560. The Morgan fingerprint density at radius 3 is 2.92 bits per heavy atom. The van der Waals surface area contributed by atoms with E-state index >= 15 is 0 Å². The third-order valence-corrected chi connectivity index (χ3v) is 3.84. The number of nitrogens with one attached hydrogen (secondary N) is 1. The highest BCUT2D eigenvalue weighted by Gasteiger charge is 2.30. The van der Waals surface area contributed by atoms with Crippen LogP contribution in [0.15, 0.2) is 0 Å². The Bertz CT molecular complexity index is 126. The summed E-state index contributed by atoms with van der Waals surface area (Å²) in [5.41, 5.74) is 0. The van der Waals surface area contributed by atoms with Crippen molar-refractivity contribution in [3.63, 3.8) is 0 Å². The van der Waals surface area contributed by atoms with Crippen molar-refractivity contribution in [1.29, 1.82) is 0 Å². The zero-order chi connectivity index (χ0) is 8.97. The van der Waals surface area contributed by atoms with Gasteiger partial charge in [0.25, 0.3) is 0 Å². The molecule has 72 valence electrons. The molecule has 4 heteroatoms. The maximum absolute atomic E-state index is 9.55. The SMILES string of the molecule is C[C@@H]1NCC(O)[C@@H]1CSCCCl. The third-order valence-electron chi connectivity index (χ3n) is 2.32. The first-order chi connectivity index (χ1) is 5.75. The number of alkyl halides is 1. The molecule has 1 saturated heterocycles. The Morgan fingerprint density at radius 1 is 1.67 bits per heavy atom. The monoisotopic (exact) mass is 209 g/mol. The van der Waals surface area contributed by atoms with Crippen LogP contribution in [0.5, 0.6) is 0 Å². The highest BCUT2D eigenvalue weighted by atomic mass is 35.5. The van der Waals surface area contributed by atoms with Crippen LogP contribution >= 0.6 is 23.4 Å². The average molecular weight is 210 g/mol. The third kappa shape index (κ3) is 2.80. The standard InChI is InChI=1S/C8H16ClNOS/c1-6-7(5-12-3-2-9)8(11)4-10-6/h6-8,10-11H,2-5H2,1H3/t6-,7+,8?/m0/s1. The maximum Gasteiger partial charge on any atom is 0.0715 e. The number of aliphatic hydroxyl groups excluding tert-OH is 1. The van der Waals surface area contributed by atoms with Gasteiger partial charge in [-0.2, -0.15) is 11.8 Å². The number of thioether (sulfide) groups is 1. The van der Waals surface area contributed by atoms with Crippen LogP contribution in [-0.2, 0) is 0 Å². The molecule has 0 bridgehead atoms. The van der Waals surface area contributed by atoms with Crippen LogP contribution in [0.3, 0.4) is 0 Å². The summed E-state index contributed by atoms with van der Waals surface area (Å²) < 4.78 is 0. The number of β-amino-alcohol motifs (C(OH)–C–C–N with tert-alkyl or cyclic N) is 1. The number of aliphatic hydroxyl groups is 1. The van der Waals surface area contributed by atoms with E-state index in [2.05, 4.69) is 12.2 Å². The minimum Gasteiger partial charge on any atom is -0.391 e. The molecule has 1 aliphatic heterocycles. The quantitative estimate of drug-likeness (QED) is 0.534. The molecule has 3 atom stereocenters. The molecule has 2 nitrogen and oxygen atoms in total. The van der Waals surface area contributed by atoms with Gasteiger partial charge in [0.2, 0.25) is 0 Å². The van der Waals surface area contributed by atoms with Crippen LogP contribution in [0.25, 0.3) is 0 Å². The van der Waals surface area contributed by atoms with Crippen LogP contribution < -0.4 is 5.32 Å². The Morgan fingerprint density at radius 2 is 2.42 bits per heavy atom. The molecule has 1 aliphatic rings. The van der Waals surface area contributed by atoms with E-state index in [0.29, 0.717) is 17.8 Å². The molecule has 0 aromatic carbocycles. The second kappa shape index (κ2) is 5.32. The zero-order valence-electron chi connectivity index (χ0n) is 7.29. The lowest BCUT2D eigenvalue weighted by atomic mass is 10.0. The van der Waals surface area contributed by atoms with Gasteiger partial charge in [-0.05, 0) is 6.92 Å². The van der Waals surface area contributed by atoms with E-state index in [4.69, 9.17) is 11.6 Å². The van der Waals surface area contributed by atoms with Gasteiger partial charge in [0.1, 0.15) is 0 Å². The van der Waals surface area contributed by atoms with E-state index in [1.54, 1.807) is 0 Å². The highest BCUT2D eigenvalue weighted by molar-refractivity contribution is 7.99. The lowest BCUT2D eigenvalue weighted by molar-refractivity contribution is 0.151. The topological polar surface area (TPSA) is 32.3 Å². The van der Waals surface area contributed by atoms with Gasteiger partial charge in [-0.25, -0.2) is 0 Å². The predicted octanol–water partition coefficient (Wildman–Crippen LogP) is 0.927. The van der Waals surface area contributed by atoms with E-state index in [0.717, 1.165) is 18.1 Å². The first kappa shape index (κ1) is 10.6. The van der Waals surface area contributed by atoms with Crippen molar-refractivity contribution in [2.24, 2.45) is 5.92 Å². The van der Waals surface area contributed by atoms with Gasteiger partial charge in [-0.3, -0.25) is 0 Å². The number of rotatable bonds is 4. The van der Waals surface area contributed by atoms with Gasteiger partial charge in [0, 0.05) is 35.9 Å². The van der Waals surface area contributed by atoms with E-state index in [9.17, 15) is 5.11 Å². The lowest BCUT2D eigenvalue weighted by Crippen LogP contribution is -2.26. The summed E-state index contributed by atoms with van der Waals surface area (Å²) in [7, 11) is 0. The molecule has 0 aromatic rings. The van der Waals surface area contributed by atoms with Gasteiger partial charge < -0.3 is 10.4 Å². The van der Waals surface area contributed by atoms with Crippen LogP contribution in [0.4, 0.5) is 0 Å². The molecule has 0 aliphatic carbocycles. The Kier molecular flexibility index (Phi) is 4.72. The van der Waals surface area contributed by atoms with Crippen molar-refractivity contribution in [2.45, 2.75) is 19.1 Å². The molecule has 0 saturated carbocycles. The molecule has 2 N–H and O–H groups in total. The summed E-state index contributed by atoms with van der Waals surface area (Å²) in [5, 5.41) is 12.8. The summed E-state index contributed by atoms with van der Waals surface area (Å²) in [5.74, 6) is 3.10. The van der Waals surface area contributed by atoms with E-state index < -0.39 is 0 Å².